The fraction of sp³-hybridized carbons (Fsp3) is 0.565. The zero-order valence-corrected chi connectivity index (χ0v) is 20.6. The summed E-state index contributed by atoms with van der Waals surface area (Å²) >= 11 is 5.66. The van der Waals surface area contributed by atoms with Gasteiger partial charge in [0.1, 0.15) is 5.82 Å². The van der Waals surface area contributed by atoms with Crippen LogP contribution in [0.3, 0.4) is 0 Å². The van der Waals surface area contributed by atoms with Crippen molar-refractivity contribution in [2.24, 2.45) is 0 Å². The first-order valence-corrected chi connectivity index (χ1v) is 13.3. The molecule has 1 saturated carbocycles. The molecular formula is C23H33N5O2S2. The predicted octanol–water partition coefficient (Wildman–Crippen LogP) is 3.95. The minimum absolute atomic E-state index is 0.373. The Labute approximate surface area is 196 Å². The Morgan fingerprint density at radius 1 is 1.19 bits per heavy atom. The van der Waals surface area contributed by atoms with Gasteiger partial charge in [0.25, 0.3) is 0 Å². The van der Waals surface area contributed by atoms with Crippen LogP contribution < -0.4 is 0 Å². The number of piperazine rings is 1. The molecule has 0 N–H and O–H groups in total. The summed E-state index contributed by atoms with van der Waals surface area (Å²) < 4.78 is 32.5. The molecule has 32 heavy (non-hydrogen) atoms. The van der Waals surface area contributed by atoms with Crippen LogP contribution in [-0.2, 0) is 23.2 Å². The molecule has 0 bridgehead atoms. The van der Waals surface area contributed by atoms with E-state index in [0.717, 1.165) is 25.1 Å². The Morgan fingerprint density at radius 2 is 1.84 bits per heavy atom. The molecule has 2 aromatic rings. The van der Waals surface area contributed by atoms with Gasteiger partial charge in [0.2, 0.25) is 10.0 Å². The van der Waals surface area contributed by atoms with Crippen LogP contribution in [0.15, 0.2) is 41.8 Å². The van der Waals surface area contributed by atoms with Gasteiger partial charge in [-0.15, -0.1) is 6.58 Å². The fourth-order valence-electron chi connectivity index (χ4n) is 4.15. The smallest absolute Gasteiger partial charge is 0.243 e. The summed E-state index contributed by atoms with van der Waals surface area (Å²) in [6.45, 7) is 11.6. The van der Waals surface area contributed by atoms with Gasteiger partial charge < -0.3 is 0 Å². The number of rotatable bonds is 9. The highest BCUT2D eigenvalue weighted by atomic mass is 32.2. The van der Waals surface area contributed by atoms with Gasteiger partial charge >= 0.3 is 0 Å². The third-order valence-corrected chi connectivity index (χ3v) is 8.91. The summed E-state index contributed by atoms with van der Waals surface area (Å²) in [7, 11) is -3.48. The van der Waals surface area contributed by atoms with Crippen LogP contribution in [-0.4, -0.2) is 58.1 Å². The molecule has 2 fully saturated rings. The van der Waals surface area contributed by atoms with E-state index in [0.29, 0.717) is 60.9 Å². The molecule has 2 heterocycles. The predicted molar refractivity (Wildman–Crippen MR) is 129 cm³/mol. The van der Waals surface area contributed by atoms with Crippen molar-refractivity contribution < 1.29 is 8.42 Å². The van der Waals surface area contributed by atoms with Crippen LogP contribution in [0.4, 0.5) is 0 Å². The highest BCUT2D eigenvalue weighted by molar-refractivity contribution is 7.89. The van der Waals surface area contributed by atoms with Crippen molar-refractivity contribution in [3.8, 4) is 0 Å². The largest absolute Gasteiger partial charge is 0.300 e. The van der Waals surface area contributed by atoms with Gasteiger partial charge in [0, 0.05) is 38.6 Å². The molecule has 1 saturated heterocycles. The normalized spacial score (nSPS) is 19.2. The van der Waals surface area contributed by atoms with Crippen LogP contribution >= 0.6 is 12.2 Å². The summed E-state index contributed by atoms with van der Waals surface area (Å²) in [6, 6.07) is 7.37. The maximum absolute atomic E-state index is 13.1. The first-order chi connectivity index (χ1) is 15.3. The molecule has 9 heteroatoms. The van der Waals surface area contributed by atoms with Crippen molar-refractivity contribution in [2.45, 2.75) is 63.1 Å². The lowest BCUT2D eigenvalue weighted by atomic mass is 9.99. The van der Waals surface area contributed by atoms with Gasteiger partial charge in [0.05, 0.1) is 11.6 Å². The van der Waals surface area contributed by atoms with Crippen molar-refractivity contribution in [1.29, 1.82) is 0 Å². The standard InChI is InChI=1S/C23H33N5O2S2/c1-4-12-27-22(20-6-7-20)24-28(23(27)31)17-25-13-15-26(16-14-25)32(29,30)21-10-8-19(9-11-21)18(3)5-2/h4,8-11,18,20H,1,5-7,12-17H2,2-3H3. The Kier molecular flexibility index (Phi) is 7.00. The lowest BCUT2D eigenvalue weighted by Gasteiger charge is -2.33. The average Bonchev–Trinajstić information content (AvgIpc) is 3.61. The first-order valence-electron chi connectivity index (χ1n) is 11.5. The van der Waals surface area contributed by atoms with Crippen molar-refractivity contribution in [1.82, 2.24) is 23.6 Å². The highest BCUT2D eigenvalue weighted by Gasteiger charge is 2.31. The molecule has 1 atom stereocenters. The third-order valence-electron chi connectivity index (χ3n) is 6.57. The SMILES string of the molecule is C=CCn1c(C2CC2)nn(CN2CCN(S(=O)(=O)c3ccc(C(C)CC)cc3)CC2)c1=S. The second-order valence-corrected chi connectivity index (χ2v) is 11.2. The number of sulfonamides is 1. The second kappa shape index (κ2) is 9.59. The zero-order valence-electron chi connectivity index (χ0n) is 19.0. The summed E-state index contributed by atoms with van der Waals surface area (Å²) in [5.41, 5.74) is 1.18. The topological polar surface area (TPSA) is 63.4 Å². The van der Waals surface area contributed by atoms with Crippen LogP contribution in [0.1, 0.15) is 56.3 Å². The summed E-state index contributed by atoms with van der Waals surface area (Å²) in [5, 5.41) is 4.78. The van der Waals surface area contributed by atoms with Gasteiger partial charge in [-0.05, 0) is 55.1 Å². The van der Waals surface area contributed by atoms with Gasteiger partial charge in [0.15, 0.2) is 4.77 Å². The number of hydrogen-bond donors (Lipinski definition) is 0. The lowest BCUT2D eigenvalue weighted by molar-refractivity contribution is 0.144. The van der Waals surface area contributed by atoms with Crippen LogP contribution in [0, 0.1) is 4.77 Å². The molecule has 1 unspecified atom stereocenters. The number of nitrogens with zero attached hydrogens (tertiary/aromatic N) is 5. The maximum Gasteiger partial charge on any atom is 0.243 e. The average molecular weight is 476 g/mol. The number of allylic oxidation sites excluding steroid dienone is 1. The molecule has 0 radical (unpaired) electrons. The Balaban J connectivity index is 1.40. The summed E-state index contributed by atoms with van der Waals surface area (Å²) in [5.74, 6) is 1.99. The molecule has 1 aromatic heterocycles. The molecule has 4 rings (SSSR count). The van der Waals surface area contributed by atoms with Crippen LogP contribution in [0.5, 0.6) is 0 Å². The molecular weight excluding hydrogens is 442 g/mol. The number of aromatic nitrogens is 3. The molecule has 2 aliphatic rings. The van der Waals surface area contributed by atoms with E-state index in [2.05, 4.69) is 29.9 Å². The number of benzene rings is 1. The van der Waals surface area contributed by atoms with E-state index in [9.17, 15) is 8.42 Å². The van der Waals surface area contributed by atoms with E-state index in [4.69, 9.17) is 17.3 Å². The minimum Gasteiger partial charge on any atom is -0.300 e. The first kappa shape index (κ1) is 23.4. The highest BCUT2D eigenvalue weighted by Crippen LogP contribution is 2.39. The van der Waals surface area contributed by atoms with Gasteiger partial charge in [-0.1, -0.05) is 32.1 Å². The quantitative estimate of drug-likeness (QED) is 0.406. The van der Waals surface area contributed by atoms with Crippen LogP contribution in [0.25, 0.3) is 0 Å². The fourth-order valence-corrected chi connectivity index (χ4v) is 5.84. The van der Waals surface area contributed by atoms with E-state index in [1.54, 1.807) is 16.4 Å². The van der Waals surface area contributed by atoms with E-state index in [1.807, 2.05) is 22.9 Å². The van der Waals surface area contributed by atoms with Crippen molar-refractivity contribution in [3.05, 3.63) is 53.1 Å². The lowest BCUT2D eigenvalue weighted by Crippen LogP contribution is -2.48. The van der Waals surface area contributed by atoms with E-state index in [-0.39, 0.29) is 0 Å². The number of hydrogen-bond acceptors (Lipinski definition) is 5. The Hall–Kier alpha value is -1.81. The third kappa shape index (κ3) is 4.76. The molecule has 174 valence electrons. The van der Waals surface area contributed by atoms with Gasteiger partial charge in [-0.2, -0.15) is 9.40 Å². The molecule has 0 spiro atoms. The molecule has 1 aromatic carbocycles. The zero-order chi connectivity index (χ0) is 22.9. The van der Waals surface area contributed by atoms with Gasteiger partial charge in [-0.25, -0.2) is 13.1 Å². The summed E-state index contributed by atoms with van der Waals surface area (Å²) in [6.07, 6.45) is 5.22. The maximum atomic E-state index is 13.1. The van der Waals surface area contributed by atoms with Crippen molar-refractivity contribution in [2.75, 3.05) is 26.2 Å². The molecule has 1 aliphatic heterocycles. The summed E-state index contributed by atoms with van der Waals surface area (Å²) in [4.78, 5) is 2.59. The Morgan fingerprint density at radius 3 is 2.41 bits per heavy atom. The minimum atomic E-state index is -3.48. The van der Waals surface area contributed by atoms with E-state index < -0.39 is 10.0 Å². The van der Waals surface area contributed by atoms with Gasteiger partial charge in [-0.3, -0.25) is 9.47 Å². The van der Waals surface area contributed by atoms with Crippen molar-refractivity contribution >= 4 is 22.2 Å². The van der Waals surface area contributed by atoms with E-state index >= 15 is 0 Å². The monoisotopic (exact) mass is 475 g/mol. The van der Waals surface area contributed by atoms with E-state index in [1.165, 1.54) is 5.56 Å². The Bertz CT molecular complexity index is 1110. The molecule has 1 aliphatic carbocycles. The van der Waals surface area contributed by atoms with Crippen LogP contribution in [0.2, 0.25) is 0 Å². The molecule has 0 amide bonds. The van der Waals surface area contributed by atoms with Crippen molar-refractivity contribution in [3.63, 3.8) is 0 Å². The molecule has 7 nitrogen and oxygen atoms in total. The second-order valence-electron chi connectivity index (χ2n) is 8.86.